The van der Waals surface area contributed by atoms with Gasteiger partial charge in [0, 0.05) is 0 Å². The molecule has 1 nitrogen and oxygen atoms in total. The second-order valence-electron chi connectivity index (χ2n) is 6.06. The zero-order chi connectivity index (χ0) is 16.1. The van der Waals surface area contributed by atoms with Gasteiger partial charge in [-0.05, 0) is 18.9 Å². The summed E-state index contributed by atoms with van der Waals surface area (Å²) in [6.45, 7) is 2.28. The molecule has 0 amide bonds. The normalized spacial score (nSPS) is 12.1. The Kier molecular flexibility index (Phi) is 19.1. The Morgan fingerprint density at radius 2 is 1.09 bits per heavy atom. The van der Waals surface area contributed by atoms with Gasteiger partial charge in [-0.2, -0.15) is 0 Å². The number of methoxy groups -OCH3 is 1. The highest BCUT2D eigenvalue weighted by Gasteiger charge is 1.92. The van der Waals surface area contributed by atoms with Gasteiger partial charge < -0.3 is 4.74 Å². The molecule has 0 heterocycles. The van der Waals surface area contributed by atoms with Gasteiger partial charge in [-0.3, -0.25) is 0 Å². The van der Waals surface area contributed by atoms with Gasteiger partial charge in [0.15, 0.2) is 0 Å². The molecule has 0 fully saturated rings. The molecule has 1 heteroatoms. The van der Waals surface area contributed by atoms with E-state index in [4.69, 9.17) is 4.74 Å². The van der Waals surface area contributed by atoms with Crippen LogP contribution in [0.5, 0.6) is 0 Å². The van der Waals surface area contributed by atoms with Gasteiger partial charge >= 0.3 is 0 Å². The van der Waals surface area contributed by atoms with Crippen LogP contribution in [0.3, 0.4) is 0 Å². The highest BCUT2D eigenvalue weighted by atomic mass is 16.5. The van der Waals surface area contributed by atoms with E-state index in [-0.39, 0.29) is 0 Å². The summed E-state index contributed by atoms with van der Waals surface area (Å²) in [7, 11) is 1.66. The molecule has 0 unspecified atom stereocenters. The number of hydrogen-bond acceptors (Lipinski definition) is 1. The van der Waals surface area contributed by atoms with Gasteiger partial charge in [-0.1, -0.05) is 102 Å². The lowest BCUT2D eigenvalue weighted by atomic mass is 10.0. The first-order valence-electron chi connectivity index (χ1n) is 9.43. The van der Waals surface area contributed by atoms with Crippen molar-refractivity contribution in [3.8, 4) is 0 Å². The summed E-state index contributed by atoms with van der Waals surface area (Å²) in [5, 5.41) is 0. The Morgan fingerprint density at radius 3 is 1.64 bits per heavy atom. The predicted octanol–water partition coefficient (Wildman–Crippen LogP) is 7.35. The van der Waals surface area contributed by atoms with Crippen LogP contribution >= 0.6 is 0 Å². The molecular weight excluding hydrogens is 268 g/mol. The number of unbranched alkanes of at least 4 members (excludes halogenated alkanes) is 12. The summed E-state index contributed by atoms with van der Waals surface area (Å²) < 4.78 is 4.81. The first-order chi connectivity index (χ1) is 10.9. The average molecular weight is 307 g/mol. The van der Waals surface area contributed by atoms with Crippen LogP contribution in [0, 0.1) is 0 Å². The van der Waals surface area contributed by atoms with Gasteiger partial charge in [0.25, 0.3) is 0 Å². The van der Waals surface area contributed by atoms with Crippen molar-refractivity contribution in [2.75, 3.05) is 7.11 Å². The zero-order valence-corrected chi connectivity index (χ0v) is 15.1. The third kappa shape index (κ3) is 19.0. The maximum absolute atomic E-state index is 4.81. The van der Waals surface area contributed by atoms with Crippen molar-refractivity contribution >= 4 is 0 Å². The van der Waals surface area contributed by atoms with Crippen molar-refractivity contribution in [3.63, 3.8) is 0 Å². The Labute approximate surface area is 139 Å². The first-order valence-corrected chi connectivity index (χ1v) is 9.43. The van der Waals surface area contributed by atoms with E-state index in [1.54, 1.807) is 13.4 Å². The Bertz CT molecular complexity index is 276. The third-order valence-electron chi connectivity index (χ3n) is 3.91. The molecule has 0 aliphatic rings. The zero-order valence-electron chi connectivity index (χ0n) is 15.1. The fourth-order valence-electron chi connectivity index (χ4n) is 2.53. The lowest BCUT2D eigenvalue weighted by Crippen LogP contribution is -1.82. The summed E-state index contributed by atoms with van der Waals surface area (Å²) in [4.78, 5) is 0. The molecule has 0 aromatic rings. The second kappa shape index (κ2) is 20.0. The van der Waals surface area contributed by atoms with E-state index in [1.165, 1.54) is 83.5 Å². The highest BCUT2D eigenvalue weighted by Crippen LogP contribution is 2.12. The van der Waals surface area contributed by atoms with E-state index >= 15 is 0 Å². The van der Waals surface area contributed by atoms with Gasteiger partial charge in [-0.15, -0.1) is 0 Å². The molecule has 0 spiro atoms. The monoisotopic (exact) mass is 306 g/mol. The molecule has 0 rings (SSSR count). The quantitative estimate of drug-likeness (QED) is 0.164. The standard InChI is InChI=1S/C21H38O/c1-3-4-5-6-7-8-9-10-11-12-13-14-15-16-17-18-19-20-21-22-2/h16-21H,3-15H2,1-2H3. The van der Waals surface area contributed by atoms with Gasteiger partial charge in [0.2, 0.25) is 0 Å². The fourth-order valence-corrected chi connectivity index (χ4v) is 2.53. The van der Waals surface area contributed by atoms with E-state index in [2.05, 4.69) is 25.2 Å². The van der Waals surface area contributed by atoms with Crippen LogP contribution < -0.4 is 0 Å². The number of allylic oxidation sites excluding steroid dienone is 5. The Balaban J connectivity index is 3.12. The third-order valence-corrected chi connectivity index (χ3v) is 3.91. The minimum absolute atomic E-state index is 1.20. The average Bonchev–Trinajstić information content (AvgIpc) is 2.54. The van der Waals surface area contributed by atoms with Crippen LogP contribution in [-0.2, 0) is 4.74 Å². The summed E-state index contributed by atoms with van der Waals surface area (Å²) in [5.74, 6) is 0. The highest BCUT2D eigenvalue weighted by molar-refractivity contribution is 5.09. The summed E-state index contributed by atoms with van der Waals surface area (Å²) in [5.41, 5.74) is 0. The SMILES string of the molecule is CCCCCCCCCCCCCCC=CC=CC=COC. The van der Waals surface area contributed by atoms with Crippen molar-refractivity contribution in [1.29, 1.82) is 0 Å². The molecule has 0 saturated carbocycles. The van der Waals surface area contributed by atoms with Crippen LogP contribution in [0.15, 0.2) is 36.6 Å². The molecule has 0 aliphatic carbocycles. The van der Waals surface area contributed by atoms with E-state index in [0.717, 1.165) is 0 Å². The molecule has 0 N–H and O–H groups in total. The largest absolute Gasteiger partial charge is 0.504 e. The van der Waals surface area contributed by atoms with E-state index < -0.39 is 0 Å². The fraction of sp³-hybridized carbons (Fsp3) is 0.714. The molecule has 128 valence electrons. The van der Waals surface area contributed by atoms with Crippen LogP contribution in [-0.4, -0.2) is 7.11 Å². The second-order valence-corrected chi connectivity index (χ2v) is 6.06. The topological polar surface area (TPSA) is 9.23 Å². The maximum atomic E-state index is 4.81. The van der Waals surface area contributed by atoms with Crippen LogP contribution in [0.4, 0.5) is 0 Å². The number of rotatable bonds is 16. The van der Waals surface area contributed by atoms with E-state index in [0.29, 0.717) is 0 Å². The van der Waals surface area contributed by atoms with Crippen molar-refractivity contribution in [1.82, 2.24) is 0 Å². The first kappa shape index (κ1) is 21.0. The van der Waals surface area contributed by atoms with Gasteiger partial charge in [0.1, 0.15) is 0 Å². The molecule has 0 atom stereocenters. The van der Waals surface area contributed by atoms with Crippen molar-refractivity contribution < 1.29 is 4.74 Å². The van der Waals surface area contributed by atoms with E-state index in [9.17, 15) is 0 Å². The number of ether oxygens (including phenoxy) is 1. The molecule has 0 aliphatic heterocycles. The molecule has 22 heavy (non-hydrogen) atoms. The molecule has 0 aromatic heterocycles. The molecular formula is C21H38O. The Morgan fingerprint density at radius 1 is 0.591 bits per heavy atom. The molecule has 0 bridgehead atoms. The smallest absolute Gasteiger partial charge is 0.0824 e. The minimum Gasteiger partial charge on any atom is -0.504 e. The van der Waals surface area contributed by atoms with Crippen LogP contribution in [0.2, 0.25) is 0 Å². The minimum atomic E-state index is 1.20. The van der Waals surface area contributed by atoms with Gasteiger partial charge in [-0.25, -0.2) is 0 Å². The molecule has 0 aromatic carbocycles. The van der Waals surface area contributed by atoms with Crippen LogP contribution in [0.25, 0.3) is 0 Å². The van der Waals surface area contributed by atoms with Crippen molar-refractivity contribution in [2.45, 2.75) is 90.4 Å². The molecule has 0 radical (unpaired) electrons. The lowest BCUT2D eigenvalue weighted by molar-refractivity contribution is 0.338. The van der Waals surface area contributed by atoms with Gasteiger partial charge in [0.05, 0.1) is 13.4 Å². The lowest BCUT2D eigenvalue weighted by Gasteiger charge is -2.02. The predicted molar refractivity (Wildman–Crippen MR) is 100 cm³/mol. The summed E-state index contributed by atoms with van der Waals surface area (Å²) in [6, 6.07) is 0. The summed E-state index contributed by atoms with van der Waals surface area (Å²) in [6.07, 6.45) is 30.2. The Hall–Kier alpha value is -0.980. The molecule has 0 saturated heterocycles. The van der Waals surface area contributed by atoms with E-state index in [1.807, 2.05) is 12.2 Å². The van der Waals surface area contributed by atoms with Crippen LogP contribution in [0.1, 0.15) is 90.4 Å². The maximum Gasteiger partial charge on any atom is 0.0824 e. The van der Waals surface area contributed by atoms with Crippen molar-refractivity contribution in [2.24, 2.45) is 0 Å². The van der Waals surface area contributed by atoms with Crippen molar-refractivity contribution in [3.05, 3.63) is 36.6 Å². The number of hydrogen-bond donors (Lipinski definition) is 0. The summed E-state index contributed by atoms with van der Waals surface area (Å²) >= 11 is 0.